The SMILES string of the molecule is CC/C=C\C/C=C\C/C=C\C/C=C\C/C=C\C/C=C\C/C=C\CCCCCCOCC(COC1OC(CO)C(O)C(O)C1O)OC(=O)CCCCCCC/C=C\C/C=C\C/C=C\C/C=C\C/C=C\CC. The molecule has 0 amide bonds. The van der Waals surface area contributed by atoms with E-state index >= 15 is 0 Å². The third-order valence-electron chi connectivity index (χ3n) is 11.3. The summed E-state index contributed by atoms with van der Waals surface area (Å²) in [5.41, 5.74) is 0. The molecule has 1 aliphatic heterocycles. The van der Waals surface area contributed by atoms with E-state index in [-0.39, 0.29) is 25.6 Å². The molecule has 0 bridgehead atoms. The van der Waals surface area contributed by atoms with Gasteiger partial charge in [-0.15, -0.1) is 0 Å². The second-order valence-corrected chi connectivity index (χ2v) is 17.6. The van der Waals surface area contributed by atoms with Gasteiger partial charge in [0.2, 0.25) is 0 Å². The highest BCUT2D eigenvalue weighted by molar-refractivity contribution is 5.69. The fourth-order valence-corrected chi connectivity index (χ4v) is 7.14. The molecule has 1 saturated heterocycles. The van der Waals surface area contributed by atoms with Crippen LogP contribution in [0.5, 0.6) is 0 Å². The molecule has 1 aliphatic rings. The number of hydrogen-bond acceptors (Lipinski definition) is 9. The summed E-state index contributed by atoms with van der Waals surface area (Å²) in [6, 6.07) is 0. The molecule has 0 radical (unpaired) electrons. The van der Waals surface area contributed by atoms with Gasteiger partial charge in [-0.1, -0.05) is 192 Å². The fraction of sp³-hybridized carbons (Fsp3) is 0.590. The molecular weight excluding hydrogens is 877 g/mol. The predicted octanol–water partition coefficient (Wildman–Crippen LogP) is 13.8. The van der Waals surface area contributed by atoms with Crippen molar-refractivity contribution < 1.29 is 44.2 Å². The van der Waals surface area contributed by atoms with Crippen LogP contribution in [0.4, 0.5) is 0 Å². The highest BCUT2D eigenvalue weighted by Gasteiger charge is 2.44. The summed E-state index contributed by atoms with van der Waals surface area (Å²) in [5, 5.41) is 40.3. The van der Waals surface area contributed by atoms with Crippen LogP contribution in [-0.4, -0.2) is 89.6 Å². The number of allylic oxidation sites excluding steroid dienone is 24. The second-order valence-electron chi connectivity index (χ2n) is 17.6. The van der Waals surface area contributed by atoms with E-state index in [1.165, 1.54) is 0 Å². The molecule has 4 N–H and O–H groups in total. The minimum absolute atomic E-state index is 0.107. The topological polar surface area (TPSA) is 135 Å². The van der Waals surface area contributed by atoms with Gasteiger partial charge in [0.05, 0.1) is 19.8 Å². The lowest BCUT2D eigenvalue weighted by Gasteiger charge is -2.39. The Labute approximate surface area is 425 Å². The minimum Gasteiger partial charge on any atom is -0.457 e. The van der Waals surface area contributed by atoms with E-state index in [1.807, 2.05) is 0 Å². The summed E-state index contributed by atoms with van der Waals surface area (Å²) < 4.78 is 22.9. The number of unbranched alkanes of at least 4 members (excludes halogenated alkanes) is 9. The lowest BCUT2D eigenvalue weighted by Crippen LogP contribution is -2.59. The smallest absolute Gasteiger partial charge is 0.306 e. The summed E-state index contributed by atoms with van der Waals surface area (Å²) in [6.07, 6.45) is 68.8. The van der Waals surface area contributed by atoms with E-state index in [2.05, 4.69) is 160 Å². The standard InChI is InChI=1S/C61H96O9/c1-3-5-7-9-11-13-15-17-19-21-23-25-26-27-28-29-31-33-35-37-39-41-43-45-47-49-51-67-53-55(54-68-61-60(66)59(65)58(64)56(52-62)70-61)69-57(63)50-48-46-44-42-40-38-36-34-32-30-24-22-20-18-16-14-12-10-8-6-4-2/h5-8,11-14,17-20,23-25,27-28,30-31,33-34,36-37,39,55-56,58-62,64-66H,3-4,9-10,15-16,21-22,26,29,32,35,38,40-54H2,1-2H3/b7-5-,8-6-,13-11-,14-12-,19-17-,20-18-,25-23-,28-27-,30-24-,33-31-,36-34-,39-37-. The molecule has 0 aliphatic carbocycles. The summed E-state index contributed by atoms with van der Waals surface area (Å²) in [4.78, 5) is 12.9. The normalized spacial score (nSPS) is 20.1. The highest BCUT2D eigenvalue weighted by atomic mass is 16.7. The molecule has 9 heteroatoms. The number of aliphatic hydroxyl groups is 4. The number of rotatable bonds is 44. The molecule has 6 atom stereocenters. The van der Waals surface area contributed by atoms with Gasteiger partial charge in [-0.05, 0) is 116 Å². The first-order valence-corrected chi connectivity index (χ1v) is 26.9. The molecule has 9 nitrogen and oxygen atoms in total. The van der Waals surface area contributed by atoms with Crippen LogP contribution in [-0.2, 0) is 23.7 Å². The van der Waals surface area contributed by atoms with Crippen molar-refractivity contribution in [3.8, 4) is 0 Å². The van der Waals surface area contributed by atoms with E-state index in [1.54, 1.807) is 0 Å². The van der Waals surface area contributed by atoms with Crippen molar-refractivity contribution >= 4 is 5.97 Å². The molecule has 6 unspecified atom stereocenters. The van der Waals surface area contributed by atoms with Crippen LogP contribution in [0.3, 0.4) is 0 Å². The van der Waals surface area contributed by atoms with Crippen molar-refractivity contribution in [2.75, 3.05) is 26.4 Å². The van der Waals surface area contributed by atoms with Gasteiger partial charge >= 0.3 is 5.97 Å². The largest absolute Gasteiger partial charge is 0.457 e. The summed E-state index contributed by atoms with van der Waals surface area (Å²) in [5.74, 6) is -0.348. The van der Waals surface area contributed by atoms with E-state index < -0.39 is 43.4 Å². The molecule has 0 aromatic rings. The Morgan fingerprint density at radius 2 is 0.829 bits per heavy atom. The number of esters is 1. The molecule has 1 rings (SSSR count). The van der Waals surface area contributed by atoms with E-state index in [0.717, 1.165) is 148 Å². The molecule has 0 aromatic heterocycles. The van der Waals surface area contributed by atoms with E-state index in [4.69, 9.17) is 18.9 Å². The number of carbonyl (C=O) groups excluding carboxylic acids is 1. The van der Waals surface area contributed by atoms with Crippen molar-refractivity contribution in [2.24, 2.45) is 0 Å². The zero-order valence-corrected chi connectivity index (χ0v) is 43.4. The Morgan fingerprint density at radius 3 is 1.24 bits per heavy atom. The highest BCUT2D eigenvalue weighted by Crippen LogP contribution is 2.22. The average molecular weight is 973 g/mol. The van der Waals surface area contributed by atoms with Crippen molar-refractivity contribution in [3.05, 3.63) is 146 Å². The summed E-state index contributed by atoms with van der Waals surface area (Å²) in [6.45, 7) is 4.21. The Balaban J connectivity index is 2.26. The van der Waals surface area contributed by atoms with Gasteiger partial charge in [-0.25, -0.2) is 0 Å². The number of ether oxygens (including phenoxy) is 4. The van der Waals surface area contributed by atoms with Crippen molar-refractivity contribution in [2.45, 2.75) is 205 Å². The van der Waals surface area contributed by atoms with Gasteiger partial charge in [0.1, 0.15) is 30.5 Å². The van der Waals surface area contributed by atoms with Gasteiger partial charge in [0.15, 0.2) is 6.29 Å². The first kappa shape index (κ1) is 64.1. The number of aliphatic hydroxyl groups excluding tert-OH is 4. The molecular formula is C61H96O9. The average Bonchev–Trinajstić information content (AvgIpc) is 3.36. The van der Waals surface area contributed by atoms with Crippen molar-refractivity contribution in [1.82, 2.24) is 0 Å². The maximum absolute atomic E-state index is 12.9. The van der Waals surface area contributed by atoms with Gasteiger partial charge < -0.3 is 39.4 Å². The zero-order chi connectivity index (χ0) is 50.6. The molecule has 0 aromatic carbocycles. The van der Waals surface area contributed by atoms with Crippen LogP contribution >= 0.6 is 0 Å². The Hall–Kier alpha value is -3.93. The quantitative estimate of drug-likeness (QED) is 0.0267. The summed E-state index contributed by atoms with van der Waals surface area (Å²) in [7, 11) is 0. The maximum Gasteiger partial charge on any atom is 0.306 e. The second kappa shape index (κ2) is 50.0. The van der Waals surface area contributed by atoms with Crippen LogP contribution in [0.2, 0.25) is 0 Å². The van der Waals surface area contributed by atoms with Crippen molar-refractivity contribution in [1.29, 1.82) is 0 Å². The van der Waals surface area contributed by atoms with Crippen LogP contribution < -0.4 is 0 Å². The maximum atomic E-state index is 12.9. The zero-order valence-electron chi connectivity index (χ0n) is 43.4. The molecule has 1 fully saturated rings. The summed E-state index contributed by atoms with van der Waals surface area (Å²) >= 11 is 0. The van der Waals surface area contributed by atoms with Crippen LogP contribution in [0.1, 0.15) is 168 Å². The third-order valence-corrected chi connectivity index (χ3v) is 11.3. The van der Waals surface area contributed by atoms with Crippen molar-refractivity contribution in [3.63, 3.8) is 0 Å². The lowest BCUT2D eigenvalue weighted by atomic mass is 9.99. The fourth-order valence-electron chi connectivity index (χ4n) is 7.14. The Morgan fingerprint density at radius 1 is 0.457 bits per heavy atom. The van der Waals surface area contributed by atoms with E-state index in [0.29, 0.717) is 6.61 Å². The molecule has 70 heavy (non-hydrogen) atoms. The van der Waals surface area contributed by atoms with Crippen LogP contribution in [0.15, 0.2) is 146 Å². The van der Waals surface area contributed by atoms with Gasteiger partial charge in [-0.2, -0.15) is 0 Å². The third kappa shape index (κ3) is 39.8. The van der Waals surface area contributed by atoms with E-state index in [9.17, 15) is 25.2 Å². The molecule has 394 valence electrons. The predicted molar refractivity (Wildman–Crippen MR) is 292 cm³/mol. The first-order valence-electron chi connectivity index (χ1n) is 26.9. The molecule has 0 spiro atoms. The number of hydrogen-bond donors (Lipinski definition) is 4. The molecule has 1 heterocycles. The Kier molecular flexibility index (Phi) is 45.8. The minimum atomic E-state index is -1.56. The van der Waals surface area contributed by atoms with Crippen LogP contribution in [0.25, 0.3) is 0 Å². The van der Waals surface area contributed by atoms with Gasteiger partial charge in [0.25, 0.3) is 0 Å². The monoisotopic (exact) mass is 973 g/mol. The van der Waals surface area contributed by atoms with Gasteiger partial charge in [-0.3, -0.25) is 4.79 Å². The molecule has 0 saturated carbocycles. The van der Waals surface area contributed by atoms with Gasteiger partial charge in [0, 0.05) is 13.0 Å². The first-order chi connectivity index (χ1) is 34.4. The lowest BCUT2D eigenvalue weighted by molar-refractivity contribution is -0.305. The number of carbonyl (C=O) groups is 1. The Bertz CT molecular complexity index is 1580. The van der Waals surface area contributed by atoms with Crippen LogP contribution in [0, 0.1) is 0 Å².